The summed E-state index contributed by atoms with van der Waals surface area (Å²) in [5, 5.41) is 2.71. The van der Waals surface area contributed by atoms with Gasteiger partial charge in [-0.05, 0) is 56.3 Å². The van der Waals surface area contributed by atoms with Crippen LogP contribution in [0.4, 0.5) is 11.6 Å². The van der Waals surface area contributed by atoms with Gasteiger partial charge in [-0.1, -0.05) is 6.07 Å². The Labute approximate surface area is 180 Å². The van der Waals surface area contributed by atoms with Gasteiger partial charge in [0.2, 0.25) is 5.95 Å². The third kappa shape index (κ3) is 5.10. The molecule has 0 atom stereocenters. The Morgan fingerprint density at radius 1 is 0.903 bits per heavy atom. The Hall–Kier alpha value is -3.66. The van der Waals surface area contributed by atoms with E-state index in [2.05, 4.69) is 20.0 Å². The van der Waals surface area contributed by atoms with Gasteiger partial charge in [0, 0.05) is 17.1 Å². The molecular formula is C21H22N4O5S. The van der Waals surface area contributed by atoms with Crippen LogP contribution in [0.3, 0.4) is 0 Å². The second-order valence-electron chi connectivity index (χ2n) is 6.60. The number of carbonyl (C=O) groups excluding carboxylic acids is 1. The number of methoxy groups -OCH3 is 2. The molecule has 1 aromatic heterocycles. The zero-order valence-electron chi connectivity index (χ0n) is 17.5. The number of benzene rings is 2. The minimum Gasteiger partial charge on any atom is -0.496 e. The number of hydrogen-bond donors (Lipinski definition) is 2. The first-order chi connectivity index (χ1) is 14.7. The average molecular weight is 442 g/mol. The summed E-state index contributed by atoms with van der Waals surface area (Å²) in [7, 11) is -0.981. The van der Waals surface area contributed by atoms with Crippen LogP contribution in [0.2, 0.25) is 0 Å². The van der Waals surface area contributed by atoms with Crippen LogP contribution in [-0.4, -0.2) is 38.5 Å². The summed E-state index contributed by atoms with van der Waals surface area (Å²) in [5.74, 6) is 0.257. The Kier molecular flexibility index (Phi) is 6.40. The lowest BCUT2D eigenvalue weighted by molar-refractivity contribution is 0.102. The molecule has 0 aliphatic heterocycles. The summed E-state index contributed by atoms with van der Waals surface area (Å²) in [5.41, 5.74) is 1.93. The van der Waals surface area contributed by atoms with Gasteiger partial charge in [-0.15, -0.1) is 0 Å². The number of nitrogens with one attached hydrogen (secondary N) is 2. The van der Waals surface area contributed by atoms with E-state index in [1.54, 1.807) is 38.1 Å². The second-order valence-corrected chi connectivity index (χ2v) is 8.28. The fraction of sp³-hybridized carbons (Fsp3) is 0.190. The summed E-state index contributed by atoms with van der Waals surface area (Å²) >= 11 is 0. The number of anilines is 2. The topological polar surface area (TPSA) is 120 Å². The lowest BCUT2D eigenvalue weighted by Gasteiger charge is -2.13. The van der Waals surface area contributed by atoms with Crippen molar-refractivity contribution in [3.8, 4) is 11.5 Å². The quantitative estimate of drug-likeness (QED) is 0.577. The Morgan fingerprint density at radius 2 is 1.45 bits per heavy atom. The first kappa shape index (κ1) is 22.0. The number of nitrogens with zero attached hydrogens (tertiary/aromatic N) is 2. The van der Waals surface area contributed by atoms with Gasteiger partial charge in [0.25, 0.3) is 15.9 Å². The highest BCUT2D eigenvalue weighted by Crippen LogP contribution is 2.29. The molecule has 0 radical (unpaired) electrons. The first-order valence-electron chi connectivity index (χ1n) is 9.21. The van der Waals surface area contributed by atoms with Crippen molar-refractivity contribution in [3.63, 3.8) is 0 Å². The van der Waals surface area contributed by atoms with Crippen molar-refractivity contribution >= 4 is 27.6 Å². The van der Waals surface area contributed by atoms with Crippen LogP contribution in [-0.2, 0) is 10.0 Å². The Bertz CT molecular complexity index is 1170. The third-order valence-corrected chi connectivity index (χ3v) is 5.63. The van der Waals surface area contributed by atoms with Crippen LogP contribution >= 0.6 is 0 Å². The number of rotatable bonds is 7. The highest BCUT2D eigenvalue weighted by atomic mass is 32.2. The van der Waals surface area contributed by atoms with E-state index >= 15 is 0 Å². The number of hydrogen-bond acceptors (Lipinski definition) is 7. The average Bonchev–Trinajstić information content (AvgIpc) is 2.72. The van der Waals surface area contributed by atoms with E-state index in [-0.39, 0.29) is 16.4 Å². The van der Waals surface area contributed by atoms with Crippen LogP contribution in [0.5, 0.6) is 11.5 Å². The summed E-state index contributed by atoms with van der Waals surface area (Å²) in [6.45, 7) is 3.50. The molecule has 0 aliphatic carbocycles. The summed E-state index contributed by atoms with van der Waals surface area (Å²) in [4.78, 5) is 20.9. The van der Waals surface area contributed by atoms with Crippen LogP contribution in [0.15, 0.2) is 53.4 Å². The highest BCUT2D eigenvalue weighted by Gasteiger charge is 2.20. The summed E-state index contributed by atoms with van der Waals surface area (Å²) in [6, 6.07) is 12.5. The number of aryl methyl sites for hydroxylation is 2. The molecule has 2 N–H and O–H groups in total. The van der Waals surface area contributed by atoms with Gasteiger partial charge < -0.3 is 14.8 Å². The van der Waals surface area contributed by atoms with Gasteiger partial charge in [-0.2, -0.15) is 0 Å². The molecule has 0 fully saturated rings. The molecule has 0 saturated heterocycles. The molecule has 0 unspecified atom stereocenters. The number of amides is 1. The van der Waals surface area contributed by atoms with E-state index in [0.717, 1.165) is 0 Å². The predicted octanol–water partition coefficient (Wildman–Crippen LogP) is 3.16. The summed E-state index contributed by atoms with van der Waals surface area (Å²) in [6.07, 6.45) is 0. The largest absolute Gasteiger partial charge is 0.496 e. The molecule has 9 nitrogen and oxygen atoms in total. The number of carbonyl (C=O) groups is 1. The maximum Gasteiger partial charge on any atom is 0.264 e. The van der Waals surface area contributed by atoms with E-state index < -0.39 is 15.9 Å². The lowest BCUT2D eigenvalue weighted by Crippen LogP contribution is -2.16. The fourth-order valence-electron chi connectivity index (χ4n) is 2.94. The lowest BCUT2D eigenvalue weighted by atomic mass is 10.1. The van der Waals surface area contributed by atoms with E-state index in [4.69, 9.17) is 9.47 Å². The van der Waals surface area contributed by atoms with E-state index in [1.165, 1.54) is 38.5 Å². The Balaban J connectivity index is 1.79. The molecule has 1 heterocycles. The van der Waals surface area contributed by atoms with Gasteiger partial charge >= 0.3 is 0 Å². The van der Waals surface area contributed by atoms with Crippen LogP contribution < -0.4 is 19.5 Å². The van der Waals surface area contributed by atoms with Gasteiger partial charge in [-0.25, -0.2) is 23.1 Å². The smallest absolute Gasteiger partial charge is 0.264 e. The van der Waals surface area contributed by atoms with Gasteiger partial charge in [-0.3, -0.25) is 4.79 Å². The van der Waals surface area contributed by atoms with Crippen molar-refractivity contribution in [1.82, 2.24) is 9.97 Å². The molecule has 31 heavy (non-hydrogen) atoms. The minimum atomic E-state index is -3.89. The van der Waals surface area contributed by atoms with Gasteiger partial charge in [0.15, 0.2) is 0 Å². The van der Waals surface area contributed by atoms with Crippen LogP contribution in [0, 0.1) is 13.8 Å². The molecule has 0 aliphatic rings. The summed E-state index contributed by atoms with van der Waals surface area (Å²) < 4.78 is 38.1. The molecule has 2 aromatic carbocycles. The van der Waals surface area contributed by atoms with Crippen molar-refractivity contribution < 1.29 is 22.7 Å². The fourth-order valence-corrected chi connectivity index (χ4v) is 3.88. The van der Waals surface area contributed by atoms with Crippen molar-refractivity contribution in [1.29, 1.82) is 0 Å². The zero-order valence-corrected chi connectivity index (χ0v) is 18.3. The van der Waals surface area contributed by atoms with Crippen molar-refractivity contribution in [3.05, 3.63) is 65.5 Å². The van der Waals surface area contributed by atoms with Gasteiger partial charge in [0.1, 0.15) is 17.1 Å². The SMILES string of the molecule is COc1cccc(OC)c1C(=O)Nc1ccc(S(=O)(=O)Nc2nc(C)cc(C)n2)cc1. The molecule has 0 spiro atoms. The van der Waals surface area contributed by atoms with E-state index in [1.807, 2.05) is 0 Å². The van der Waals surface area contributed by atoms with Gasteiger partial charge in [0.05, 0.1) is 19.1 Å². The van der Waals surface area contributed by atoms with Crippen molar-refractivity contribution in [2.24, 2.45) is 0 Å². The minimum absolute atomic E-state index is 0.00172. The molecule has 3 rings (SSSR count). The predicted molar refractivity (Wildman–Crippen MR) is 116 cm³/mol. The molecule has 10 heteroatoms. The monoisotopic (exact) mass is 442 g/mol. The molecule has 3 aromatic rings. The third-order valence-electron chi connectivity index (χ3n) is 4.29. The zero-order chi connectivity index (χ0) is 22.6. The normalized spacial score (nSPS) is 11.0. The maximum absolute atomic E-state index is 12.7. The molecule has 0 bridgehead atoms. The van der Waals surface area contributed by atoms with E-state index in [9.17, 15) is 13.2 Å². The molecule has 1 amide bonds. The molecular weight excluding hydrogens is 420 g/mol. The van der Waals surface area contributed by atoms with Crippen molar-refractivity contribution in [2.75, 3.05) is 24.3 Å². The molecule has 162 valence electrons. The maximum atomic E-state index is 12.7. The number of aromatic nitrogens is 2. The number of sulfonamides is 1. The van der Waals surface area contributed by atoms with E-state index in [0.29, 0.717) is 28.6 Å². The standard InChI is InChI=1S/C21H22N4O5S/c1-13-12-14(2)23-21(22-13)25-31(27,28)16-10-8-15(9-11-16)24-20(26)19-17(29-3)6-5-7-18(19)30-4/h5-12H,1-4H3,(H,24,26)(H,22,23,25). The van der Waals surface area contributed by atoms with Crippen molar-refractivity contribution in [2.45, 2.75) is 18.7 Å². The number of ether oxygens (including phenoxy) is 2. The van der Waals surface area contributed by atoms with Crippen LogP contribution in [0.25, 0.3) is 0 Å². The first-order valence-corrected chi connectivity index (χ1v) is 10.7. The second kappa shape index (κ2) is 9.00. The molecule has 0 saturated carbocycles. The Morgan fingerprint density at radius 3 is 1.97 bits per heavy atom. The van der Waals surface area contributed by atoms with Crippen LogP contribution in [0.1, 0.15) is 21.7 Å². The highest BCUT2D eigenvalue weighted by molar-refractivity contribution is 7.92.